The van der Waals surface area contributed by atoms with Crippen molar-refractivity contribution in [2.75, 3.05) is 7.11 Å². The minimum Gasteiger partial charge on any atom is -0.627 e. The van der Waals surface area contributed by atoms with Crippen LogP contribution in [0.3, 0.4) is 0 Å². The largest absolute Gasteiger partial charge is 0.636 e. The third kappa shape index (κ3) is 12.5. The SMILES string of the molecule is C[O][Al][O][Al][O][AlH][O][Al][O][Al][CH3]. The molecule has 0 bridgehead atoms. The lowest BCUT2D eigenvalue weighted by Gasteiger charge is -2.03. The van der Waals surface area contributed by atoms with E-state index in [-0.39, 0.29) is 63.2 Å². The lowest BCUT2D eigenvalue weighted by molar-refractivity contribution is 0.343. The summed E-state index contributed by atoms with van der Waals surface area (Å²) in [7, 11) is 1.62. The van der Waals surface area contributed by atoms with Gasteiger partial charge in [-0.15, -0.1) is 0 Å². The molecule has 0 aromatic carbocycles. The van der Waals surface area contributed by atoms with Crippen molar-refractivity contribution in [2.24, 2.45) is 0 Å². The van der Waals surface area contributed by atoms with Gasteiger partial charge in [-0.25, -0.2) is 0 Å². The molecule has 0 fully saturated rings. The molecule has 0 unspecified atom stereocenters. The molecule has 0 saturated heterocycles. The minimum absolute atomic E-state index is 0.107. The van der Waals surface area contributed by atoms with Crippen molar-refractivity contribution in [1.82, 2.24) is 0 Å². The van der Waals surface area contributed by atoms with E-state index in [1.165, 1.54) is 0 Å². The Balaban J connectivity index is 2.73. The summed E-state index contributed by atoms with van der Waals surface area (Å²) in [6.45, 7) is 0. The van der Waals surface area contributed by atoms with Crippen LogP contribution in [0.25, 0.3) is 0 Å². The Kier molecular flexibility index (Phi) is 16.2. The third-order valence-electron chi connectivity index (χ3n) is 0.671. The van der Waals surface area contributed by atoms with Crippen LogP contribution < -0.4 is 0 Å². The predicted octanol–water partition coefficient (Wildman–Crippen LogP) is -1.76. The Labute approximate surface area is 106 Å². The maximum absolute atomic E-state index is 5.16. The summed E-state index contributed by atoms with van der Waals surface area (Å²) < 4.78 is 25.2. The van der Waals surface area contributed by atoms with Gasteiger partial charge in [0.05, 0.1) is 0 Å². The Hall–Kier alpha value is 2.46. The molecule has 0 saturated carbocycles. The zero-order valence-corrected chi connectivity index (χ0v) is 13.1. The van der Waals surface area contributed by atoms with Crippen LogP contribution in [-0.2, 0) is 15.1 Å². The van der Waals surface area contributed by atoms with Gasteiger partial charge in [0.25, 0.3) is 0 Å². The fraction of sp³-hybridized carbons (Fsp3) is 1.00. The second kappa shape index (κ2) is 13.5. The van der Waals surface area contributed by atoms with E-state index >= 15 is 0 Å². The zero-order valence-electron chi connectivity index (χ0n) is 7.06. The molecule has 0 aliphatic rings. The van der Waals surface area contributed by atoms with Gasteiger partial charge in [0.1, 0.15) is 0 Å². The van der Waals surface area contributed by atoms with E-state index in [0.29, 0.717) is 0 Å². The van der Waals surface area contributed by atoms with Crippen LogP contribution >= 0.6 is 0 Å². The molecule has 0 rings (SSSR count). The molecule has 0 spiro atoms. The smallest absolute Gasteiger partial charge is 0.627 e. The Morgan fingerprint density at radius 2 is 1.67 bits per heavy atom. The van der Waals surface area contributed by atoms with Crippen molar-refractivity contribution < 1.29 is 15.1 Å². The first kappa shape index (κ1) is 14.5. The van der Waals surface area contributed by atoms with Crippen LogP contribution in [0.15, 0.2) is 0 Å². The summed E-state index contributed by atoms with van der Waals surface area (Å²) in [5.41, 5.74) is 0. The average Bonchev–Trinajstić information content (AvgIpc) is 2.10. The minimum atomic E-state index is -0.842. The van der Waals surface area contributed by atoms with E-state index in [4.69, 9.17) is 15.1 Å². The quantitative estimate of drug-likeness (QED) is 0.356. The van der Waals surface area contributed by atoms with Gasteiger partial charge >= 0.3 is 79.1 Å². The highest BCUT2D eigenvalue weighted by molar-refractivity contribution is 6.46. The molecule has 10 heteroatoms. The molecule has 0 aliphatic carbocycles. The second-order valence-electron chi connectivity index (χ2n) is 1.48. The Morgan fingerprint density at radius 3 is 2.25 bits per heavy atom. The van der Waals surface area contributed by atoms with Crippen molar-refractivity contribution >= 4 is 79.1 Å². The molecule has 0 aromatic heterocycles. The highest BCUT2D eigenvalue weighted by Gasteiger charge is 2.03. The number of rotatable bonds is 9. The van der Waals surface area contributed by atoms with Crippen molar-refractivity contribution in [3.05, 3.63) is 0 Å². The molecule has 0 heterocycles. The lowest BCUT2D eigenvalue weighted by atomic mass is 11.8. The molecule has 0 amide bonds. The first-order valence-electron chi connectivity index (χ1n) is 3.21. The fourth-order valence-electron chi connectivity index (χ4n) is 0.307. The molecule has 12 heavy (non-hydrogen) atoms. The van der Waals surface area contributed by atoms with Crippen LogP contribution in [0, 0.1) is 0 Å². The van der Waals surface area contributed by atoms with Gasteiger partial charge < -0.3 is 15.1 Å². The van der Waals surface area contributed by atoms with E-state index in [1.807, 2.05) is 5.79 Å². The first-order valence-corrected chi connectivity index (χ1v) is 8.82. The highest BCUT2D eigenvalue weighted by atomic mass is 27.3. The molecular weight excluding hydrogens is 239 g/mol. The van der Waals surface area contributed by atoms with Crippen molar-refractivity contribution in [1.29, 1.82) is 0 Å². The zero-order chi connectivity index (χ0) is 9.07. The molecule has 0 aromatic rings. The van der Waals surface area contributed by atoms with Gasteiger partial charge in [-0.2, -0.15) is 0 Å². The van der Waals surface area contributed by atoms with Gasteiger partial charge in [-0.1, -0.05) is 5.79 Å². The Morgan fingerprint density at radius 1 is 1.00 bits per heavy atom. The summed E-state index contributed by atoms with van der Waals surface area (Å²) in [5.74, 6) is 2.02. The topological polar surface area (TPSA) is 46.2 Å². The molecular formula is C2H7Al5O5. The normalized spacial score (nSPS) is 8.83. The van der Waals surface area contributed by atoms with Crippen LogP contribution in [-0.4, -0.2) is 86.2 Å². The van der Waals surface area contributed by atoms with Crippen LogP contribution in [0.2, 0.25) is 5.79 Å². The third-order valence-corrected chi connectivity index (χ3v) is 5.46. The predicted molar refractivity (Wildman–Crippen MR) is 47.4 cm³/mol. The second-order valence-corrected chi connectivity index (χ2v) is 8.08. The van der Waals surface area contributed by atoms with Gasteiger partial charge in [-0.3, -0.25) is 0 Å². The fourth-order valence-corrected chi connectivity index (χ4v) is 4.89. The molecule has 4 radical (unpaired) electrons. The molecule has 60 valence electrons. The highest BCUT2D eigenvalue weighted by Crippen LogP contribution is 1.74. The van der Waals surface area contributed by atoms with E-state index in [9.17, 15) is 0 Å². The molecule has 0 N–H and O–H groups in total. The molecule has 0 atom stereocenters. The standard InChI is InChI=1S/CH3O.CH3.5Al.4O.H/c1-2;;;;;;;;;;;/h1H3;1H3;;;;;;;;;;/q-1;;;;;;+1;;;;;. The van der Waals surface area contributed by atoms with Crippen LogP contribution in [0.4, 0.5) is 0 Å². The van der Waals surface area contributed by atoms with Crippen molar-refractivity contribution in [3.8, 4) is 0 Å². The van der Waals surface area contributed by atoms with Crippen molar-refractivity contribution in [3.63, 3.8) is 0 Å². The van der Waals surface area contributed by atoms with Crippen LogP contribution in [0.5, 0.6) is 0 Å². The molecule has 0 aliphatic heterocycles. The lowest BCUT2D eigenvalue weighted by Crippen LogP contribution is -2.17. The van der Waals surface area contributed by atoms with E-state index in [1.54, 1.807) is 7.11 Å². The van der Waals surface area contributed by atoms with Crippen LogP contribution in [0.1, 0.15) is 0 Å². The monoisotopic (exact) mass is 246 g/mol. The Bertz CT molecular complexity index is 74.2. The van der Waals surface area contributed by atoms with Gasteiger partial charge in [0.15, 0.2) is 0 Å². The number of hydrogen-bond acceptors (Lipinski definition) is 5. The average molecular weight is 246 g/mol. The summed E-state index contributed by atoms with van der Waals surface area (Å²) in [6.07, 6.45) is 0. The summed E-state index contributed by atoms with van der Waals surface area (Å²) in [5, 5.41) is 0. The number of hydrogen-bond donors (Lipinski definition) is 0. The van der Waals surface area contributed by atoms with Gasteiger partial charge in [0.2, 0.25) is 0 Å². The summed E-state index contributed by atoms with van der Waals surface area (Å²) in [4.78, 5) is 0. The maximum atomic E-state index is 5.16. The van der Waals surface area contributed by atoms with E-state index < -0.39 is 15.9 Å². The van der Waals surface area contributed by atoms with E-state index in [0.717, 1.165) is 0 Å². The van der Waals surface area contributed by atoms with Crippen molar-refractivity contribution in [2.45, 2.75) is 5.79 Å². The molecule has 5 nitrogen and oxygen atoms in total. The van der Waals surface area contributed by atoms with E-state index in [2.05, 4.69) is 0 Å². The maximum Gasteiger partial charge on any atom is 0.636 e. The van der Waals surface area contributed by atoms with Gasteiger partial charge in [0, 0.05) is 7.11 Å². The van der Waals surface area contributed by atoms with Gasteiger partial charge in [-0.05, 0) is 0 Å². The summed E-state index contributed by atoms with van der Waals surface area (Å²) in [6, 6.07) is 0. The summed E-state index contributed by atoms with van der Waals surface area (Å²) >= 11 is -1.74. The first-order chi connectivity index (χ1) is 5.91.